The highest BCUT2D eigenvalue weighted by atomic mass is 32.1. The average molecular weight is 533 g/mol. The molecule has 9 rings (SSSR count). The third-order valence-electron chi connectivity index (χ3n) is 7.68. The highest BCUT2D eigenvalue weighted by Crippen LogP contribution is 2.47. The lowest BCUT2D eigenvalue weighted by Gasteiger charge is -2.12. The Morgan fingerprint density at radius 1 is 0.600 bits per heavy atom. The fourth-order valence-electron chi connectivity index (χ4n) is 6.06. The van der Waals surface area contributed by atoms with Gasteiger partial charge in [0.15, 0.2) is 0 Å². The van der Waals surface area contributed by atoms with Gasteiger partial charge in [0, 0.05) is 37.2 Å². The number of fused-ring (bicyclic) bond motifs is 11. The van der Waals surface area contributed by atoms with E-state index in [0.717, 1.165) is 31.9 Å². The van der Waals surface area contributed by atoms with Gasteiger partial charge in [-0.25, -0.2) is 9.97 Å². The zero-order valence-corrected chi connectivity index (χ0v) is 21.8. The normalized spacial score (nSPS) is 13.8. The highest BCUT2D eigenvalue weighted by Gasteiger charge is 2.23. The molecule has 4 heteroatoms. The van der Waals surface area contributed by atoms with E-state index in [9.17, 15) is 0 Å². The first-order valence-electron chi connectivity index (χ1n) is 15.5. The van der Waals surface area contributed by atoms with E-state index in [1.165, 1.54) is 20.9 Å². The van der Waals surface area contributed by atoms with Gasteiger partial charge in [-0.05, 0) is 29.0 Å². The van der Waals surface area contributed by atoms with Gasteiger partial charge in [0.1, 0.15) is 0 Å². The zero-order chi connectivity index (χ0) is 30.6. The molecule has 186 valence electrons. The van der Waals surface area contributed by atoms with E-state index in [0.29, 0.717) is 22.5 Å². The van der Waals surface area contributed by atoms with Crippen molar-refractivity contribution in [3.8, 4) is 17.2 Å². The minimum atomic E-state index is -0.436. The zero-order valence-electron chi connectivity index (χ0n) is 26.0. The van der Waals surface area contributed by atoms with Crippen molar-refractivity contribution in [1.82, 2.24) is 14.5 Å². The largest absolute Gasteiger partial charge is 0.276 e. The molecule has 0 N–H and O–H groups in total. The van der Waals surface area contributed by atoms with E-state index in [-0.39, 0.29) is 17.6 Å². The van der Waals surface area contributed by atoms with Gasteiger partial charge in [-0.3, -0.25) is 4.57 Å². The molecule has 6 aromatic carbocycles. The summed E-state index contributed by atoms with van der Waals surface area (Å²) in [5, 5.41) is 7.44. The number of hydrogen-bond acceptors (Lipinski definition) is 3. The van der Waals surface area contributed by atoms with Crippen LogP contribution in [0.3, 0.4) is 0 Å². The molecule has 0 radical (unpaired) electrons. The lowest BCUT2D eigenvalue weighted by molar-refractivity contribution is 1.02. The van der Waals surface area contributed by atoms with Crippen LogP contribution in [0.5, 0.6) is 0 Å². The van der Waals surface area contributed by atoms with E-state index in [1.807, 2.05) is 36.4 Å². The quantitative estimate of drug-likeness (QED) is 0.222. The first-order valence-corrected chi connectivity index (χ1v) is 13.8. The van der Waals surface area contributed by atoms with E-state index >= 15 is 0 Å². The molecule has 0 aliphatic carbocycles. The summed E-state index contributed by atoms with van der Waals surface area (Å²) >= 11 is 1.74. The average Bonchev–Trinajstić information content (AvgIpc) is 3.63. The monoisotopic (exact) mass is 532 g/mol. The maximum Gasteiger partial charge on any atom is 0.235 e. The Morgan fingerprint density at radius 3 is 2.08 bits per heavy atom. The SMILES string of the molecule is [2H]c1c([2H])c([2H])c(-c2nc(-n3c4ccccc4c4c5ccccc5c5c6ccccc6sc5c43)nc3ccccc23)c([2H])c1[2H]. The van der Waals surface area contributed by atoms with Crippen LogP contribution in [0.1, 0.15) is 6.85 Å². The maximum atomic E-state index is 8.78. The molecular weight excluding hydrogens is 506 g/mol. The maximum absolute atomic E-state index is 8.78. The fourth-order valence-corrected chi connectivity index (χ4v) is 7.32. The van der Waals surface area contributed by atoms with Gasteiger partial charge < -0.3 is 0 Å². The number of benzene rings is 6. The molecule has 3 heterocycles. The first kappa shape index (κ1) is 17.5. The Hall–Kier alpha value is -5.06. The second-order valence-electron chi connectivity index (χ2n) is 9.81. The van der Waals surface area contributed by atoms with Crippen LogP contribution >= 0.6 is 11.3 Å². The molecule has 9 aromatic rings. The Morgan fingerprint density at radius 2 is 1.25 bits per heavy atom. The smallest absolute Gasteiger partial charge is 0.235 e. The van der Waals surface area contributed by atoms with E-state index in [4.69, 9.17) is 16.8 Å². The summed E-state index contributed by atoms with van der Waals surface area (Å²) in [6.45, 7) is 0. The summed E-state index contributed by atoms with van der Waals surface area (Å²) < 4.78 is 46.8. The molecule has 0 saturated heterocycles. The van der Waals surface area contributed by atoms with Crippen LogP contribution in [-0.2, 0) is 0 Å². The first-order chi connectivity index (χ1) is 21.9. The molecule has 0 aliphatic rings. The third-order valence-corrected chi connectivity index (χ3v) is 8.86. The molecule has 40 heavy (non-hydrogen) atoms. The van der Waals surface area contributed by atoms with E-state index in [2.05, 4.69) is 65.2 Å². The van der Waals surface area contributed by atoms with Crippen molar-refractivity contribution in [2.24, 2.45) is 0 Å². The number of nitrogens with zero attached hydrogens (tertiary/aromatic N) is 3. The van der Waals surface area contributed by atoms with Crippen molar-refractivity contribution in [1.29, 1.82) is 0 Å². The van der Waals surface area contributed by atoms with Crippen molar-refractivity contribution >= 4 is 75.0 Å². The van der Waals surface area contributed by atoms with Crippen molar-refractivity contribution in [3.05, 3.63) is 127 Å². The van der Waals surface area contributed by atoms with Gasteiger partial charge in [-0.1, -0.05) is 109 Å². The number of rotatable bonds is 2. The van der Waals surface area contributed by atoms with Crippen LogP contribution in [0.15, 0.2) is 127 Å². The van der Waals surface area contributed by atoms with Gasteiger partial charge in [-0.2, -0.15) is 0 Å². The predicted molar refractivity (Wildman–Crippen MR) is 170 cm³/mol. The molecule has 0 amide bonds. The van der Waals surface area contributed by atoms with Crippen molar-refractivity contribution in [2.75, 3.05) is 0 Å². The summed E-state index contributed by atoms with van der Waals surface area (Å²) in [5.74, 6) is 0.371. The topological polar surface area (TPSA) is 30.7 Å². The second-order valence-corrected chi connectivity index (χ2v) is 10.9. The second kappa shape index (κ2) is 8.22. The Bertz CT molecular complexity index is 2700. The summed E-state index contributed by atoms with van der Waals surface area (Å²) in [6, 6.07) is 30.8. The minimum Gasteiger partial charge on any atom is -0.276 e. The van der Waals surface area contributed by atoms with E-state index < -0.39 is 18.1 Å². The van der Waals surface area contributed by atoms with Gasteiger partial charge in [0.25, 0.3) is 0 Å². The molecule has 0 bridgehead atoms. The van der Waals surface area contributed by atoms with E-state index in [1.54, 1.807) is 11.3 Å². The lowest BCUT2D eigenvalue weighted by Crippen LogP contribution is -2.03. The molecule has 0 spiro atoms. The molecular formula is C36H21N3S. The lowest BCUT2D eigenvalue weighted by atomic mass is 9.99. The van der Waals surface area contributed by atoms with Crippen LogP contribution in [0.4, 0.5) is 0 Å². The minimum absolute atomic E-state index is 0.0547. The van der Waals surface area contributed by atoms with Crippen LogP contribution < -0.4 is 0 Å². The summed E-state index contributed by atoms with van der Waals surface area (Å²) in [6.07, 6.45) is 0. The Kier molecular flexibility index (Phi) is 3.60. The van der Waals surface area contributed by atoms with Crippen molar-refractivity contribution in [3.63, 3.8) is 0 Å². The van der Waals surface area contributed by atoms with Crippen LogP contribution in [0.2, 0.25) is 0 Å². The van der Waals surface area contributed by atoms with Crippen LogP contribution in [0, 0.1) is 0 Å². The summed E-state index contributed by atoms with van der Waals surface area (Å²) in [7, 11) is 0. The number of thiophene rings is 1. The molecule has 0 saturated carbocycles. The molecule has 3 nitrogen and oxygen atoms in total. The third kappa shape index (κ3) is 2.94. The van der Waals surface area contributed by atoms with Crippen molar-refractivity contribution < 1.29 is 6.85 Å². The number of aromatic nitrogens is 3. The molecule has 3 aromatic heterocycles. The Balaban J connectivity index is 1.52. The highest BCUT2D eigenvalue weighted by molar-refractivity contribution is 7.27. The van der Waals surface area contributed by atoms with Gasteiger partial charge in [-0.15, -0.1) is 11.3 Å². The van der Waals surface area contributed by atoms with Crippen LogP contribution in [0.25, 0.3) is 80.9 Å². The number of para-hydroxylation sites is 2. The molecule has 0 aliphatic heterocycles. The standard InChI is InChI=1S/C36H21N3S/c1-2-12-22(13-3-1)33-25-16-6-9-19-28(25)37-36(38-33)39-29-20-10-7-17-26(29)31-23-14-4-5-15-24(23)32-27-18-8-11-21-30(27)40-35(32)34(31)39/h1-21H/i1D,2D,3D,12D,13D. The fraction of sp³-hybridized carbons (Fsp3) is 0. The van der Waals surface area contributed by atoms with Crippen molar-refractivity contribution in [2.45, 2.75) is 0 Å². The molecule has 0 fully saturated rings. The Labute approximate surface area is 240 Å². The van der Waals surface area contributed by atoms with Crippen LogP contribution in [-0.4, -0.2) is 14.5 Å². The molecule has 0 unspecified atom stereocenters. The molecule has 0 atom stereocenters. The van der Waals surface area contributed by atoms with Gasteiger partial charge in [0.2, 0.25) is 5.95 Å². The predicted octanol–water partition coefficient (Wildman–Crippen LogP) is 9.91. The summed E-state index contributed by atoms with van der Waals surface area (Å²) in [4.78, 5) is 10.1. The van der Waals surface area contributed by atoms with Gasteiger partial charge >= 0.3 is 0 Å². The van der Waals surface area contributed by atoms with Gasteiger partial charge in [0.05, 0.1) is 33.8 Å². The number of hydrogen-bond donors (Lipinski definition) is 0. The summed E-state index contributed by atoms with van der Waals surface area (Å²) in [5.41, 5.74) is 2.87.